The van der Waals surface area contributed by atoms with Crippen molar-refractivity contribution in [3.05, 3.63) is 45.4 Å². The zero-order chi connectivity index (χ0) is 13.1. The standard InChI is InChI=1S/C14H18N2OS/c1-9(15)14-10(2)16-13(18-14)8-11-5-4-6-12(7-11)17-3/h4-7,9H,8,15H2,1-3H3. The summed E-state index contributed by atoms with van der Waals surface area (Å²) in [6, 6.07) is 8.14. The number of rotatable bonds is 4. The van der Waals surface area contributed by atoms with E-state index in [0.717, 1.165) is 22.9 Å². The predicted octanol–water partition coefficient (Wildman–Crippen LogP) is 3.07. The summed E-state index contributed by atoms with van der Waals surface area (Å²) in [5.41, 5.74) is 8.17. The Morgan fingerprint density at radius 3 is 2.83 bits per heavy atom. The molecule has 0 aliphatic carbocycles. The van der Waals surface area contributed by atoms with Gasteiger partial charge in [-0.2, -0.15) is 0 Å². The van der Waals surface area contributed by atoms with Crippen LogP contribution in [0.4, 0.5) is 0 Å². The second-order valence-corrected chi connectivity index (χ2v) is 5.49. The van der Waals surface area contributed by atoms with Crippen molar-refractivity contribution < 1.29 is 4.74 Å². The third kappa shape index (κ3) is 2.89. The molecule has 2 N–H and O–H groups in total. The lowest BCUT2D eigenvalue weighted by Crippen LogP contribution is -2.03. The van der Waals surface area contributed by atoms with Crippen LogP contribution in [0.15, 0.2) is 24.3 Å². The number of thiazole rings is 1. The molecule has 1 aromatic heterocycles. The van der Waals surface area contributed by atoms with E-state index >= 15 is 0 Å². The van der Waals surface area contributed by atoms with Gasteiger partial charge in [0.25, 0.3) is 0 Å². The molecule has 96 valence electrons. The molecule has 0 radical (unpaired) electrons. The van der Waals surface area contributed by atoms with Crippen molar-refractivity contribution in [2.24, 2.45) is 5.73 Å². The number of benzene rings is 1. The van der Waals surface area contributed by atoms with E-state index in [-0.39, 0.29) is 6.04 Å². The minimum atomic E-state index is 0.0570. The molecule has 3 nitrogen and oxygen atoms in total. The number of hydrogen-bond acceptors (Lipinski definition) is 4. The smallest absolute Gasteiger partial charge is 0.119 e. The zero-order valence-corrected chi connectivity index (χ0v) is 11.8. The van der Waals surface area contributed by atoms with Crippen LogP contribution in [0.2, 0.25) is 0 Å². The fourth-order valence-electron chi connectivity index (χ4n) is 1.92. The molecule has 18 heavy (non-hydrogen) atoms. The number of aryl methyl sites for hydroxylation is 1. The quantitative estimate of drug-likeness (QED) is 0.921. The third-order valence-electron chi connectivity index (χ3n) is 2.78. The number of nitrogens with zero attached hydrogens (tertiary/aromatic N) is 1. The highest BCUT2D eigenvalue weighted by Crippen LogP contribution is 2.25. The van der Waals surface area contributed by atoms with Crippen molar-refractivity contribution in [3.63, 3.8) is 0 Å². The van der Waals surface area contributed by atoms with Gasteiger partial charge in [0.1, 0.15) is 5.75 Å². The van der Waals surface area contributed by atoms with Crippen molar-refractivity contribution in [3.8, 4) is 5.75 Å². The van der Waals surface area contributed by atoms with E-state index in [4.69, 9.17) is 10.5 Å². The van der Waals surface area contributed by atoms with Gasteiger partial charge in [-0.15, -0.1) is 11.3 Å². The molecule has 4 heteroatoms. The monoisotopic (exact) mass is 262 g/mol. The molecule has 0 aliphatic rings. The molecule has 0 aliphatic heterocycles. The lowest BCUT2D eigenvalue weighted by atomic mass is 10.1. The summed E-state index contributed by atoms with van der Waals surface area (Å²) >= 11 is 1.70. The lowest BCUT2D eigenvalue weighted by molar-refractivity contribution is 0.414. The van der Waals surface area contributed by atoms with Crippen LogP contribution in [0.25, 0.3) is 0 Å². The van der Waals surface area contributed by atoms with Gasteiger partial charge in [0.2, 0.25) is 0 Å². The van der Waals surface area contributed by atoms with Gasteiger partial charge in [0, 0.05) is 17.3 Å². The van der Waals surface area contributed by atoms with Gasteiger partial charge in [0.15, 0.2) is 0 Å². The van der Waals surface area contributed by atoms with Crippen molar-refractivity contribution in [2.75, 3.05) is 7.11 Å². The van der Waals surface area contributed by atoms with Gasteiger partial charge in [-0.1, -0.05) is 12.1 Å². The van der Waals surface area contributed by atoms with Crippen LogP contribution in [-0.4, -0.2) is 12.1 Å². The summed E-state index contributed by atoms with van der Waals surface area (Å²) in [5, 5.41) is 1.10. The van der Waals surface area contributed by atoms with Crippen LogP contribution >= 0.6 is 11.3 Å². The Hall–Kier alpha value is -1.39. The first-order valence-electron chi connectivity index (χ1n) is 5.95. The van der Waals surface area contributed by atoms with E-state index in [9.17, 15) is 0 Å². The molecule has 1 unspecified atom stereocenters. The zero-order valence-electron chi connectivity index (χ0n) is 10.9. The summed E-state index contributed by atoms with van der Waals surface area (Å²) < 4.78 is 5.22. The number of aromatic nitrogens is 1. The Kier molecular flexibility index (Phi) is 3.99. The van der Waals surface area contributed by atoms with Crippen LogP contribution in [0, 0.1) is 6.92 Å². The van der Waals surface area contributed by atoms with Crippen molar-refractivity contribution in [1.82, 2.24) is 4.98 Å². The summed E-state index contributed by atoms with van der Waals surface area (Å²) in [4.78, 5) is 5.75. The average Bonchev–Trinajstić information content (AvgIpc) is 2.70. The average molecular weight is 262 g/mol. The SMILES string of the molecule is COc1cccc(Cc2nc(C)c(C(C)N)s2)c1. The first-order valence-corrected chi connectivity index (χ1v) is 6.76. The summed E-state index contributed by atoms with van der Waals surface area (Å²) in [6.45, 7) is 4.01. The molecule has 2 aromatic rings. The van der Waals surface area contributed by atoms with Crippen LogP contribution in [-0.2, 0) is 6.42 Å². The minimum absolute atomic E-state index is 0.0570. The van der Waals surface area contributed by atoms with Crippen LogP contribution in [0.1, 0.15) is 34.1 Å². The fourth-order valence-corrected chi connectivity index (χ4v) is 2.98. The molecular formula is C14H18N2OS. The summed E-state index contributed by atoms with van der Waals surface area (Å²) in [6.07, 6.45) is 0.829. The molecule has 0 saturated heterocycles. The molecule has 1 aromatic carbocycles. The molecule has 0 bridgehead atoms. The van der Waals surface area contributed by atoms with Gasteiger partial charge >= 0.3 is 0 Å². The van der Waals surface area contributed by atoms with Crippen molar-refractivity contribution in [1.29, 1.82) is 0 Å². The fraction of sp³-hybridized carbons (Fsp3) is 0.357. The van der Waals surface area contributed by atoms with Gasteiger partial charge in [0.05, 0.1) is 17.8 Å². The molecule has 0 spiro atoms. The Morgan fingerprint density at radius 1 is 1.44 bits per heavy atom. The molecule has 2 rings (SSSR count). The topological polar surface area (TPSA) is 48.1 Å². The Balaban J connectivity index is 2.20. The Bertz CT molecular complexity index is 534. The number of ether oxygens (including phenoxy) is 1. The minimum Gasteiger partial charge on any atom is -0.497 e. The maximum atomic E-state index is 5.92. The Morgan fingerprint density at radius 2 is 2.22 bits per heavy atom. The normalized spacial score (nSPS) is 12.4. The van der Waals surface area contributed by atoms with Crippen LogP contribution in [0.3, 0.4) is 0 Å². The maximum Gasteiger partial charge on any atom is 0.119 e. The van der Waals surface area contributed by atoms with Crippen molar-refractivity contribution >= 4 is 11.3 Å². The number of hydrogen-bond donors (Lipinski definition) is 1. The molecule has 0 saturated carbocycles. The molecular weight excluding hydrogens is 244 g/mol. The highest BCUT2D eigenvalue weighted by Gasteiger charge is 2.11. The van der Waals surface area contributed by atoms with Gasteiger partial charge in [-0.3, -0.25) is 0 Å². The Labute approximate surface area is 112 Å². The summed E-state index contributed by atoms with van der Waals surface area (Å²) in [5.74, 6) is 0.883. The van der Waals surface area contributed by atoms with E-state index in [2.05, 4.69) is 11.1 Å². The summed E-state index contributed by atoms with van der Waals surface area (Å²) in [7, 11) is 1.68. The van der Waals surface area contributed by atoms with E-state index < -0.39 is 0 Å². The van der Waals surface area contributed by atoms with E-state index in [1.165, 1.54) is 10.4 Å². The van der Waals surface area contributed by atoms with E-state index in [1.807, 2.05) is 32.0 Å². The van der Waals surface area contributed by atoms with Crippen molar-refractivity contribution in [2.45, 2.75) is 26.3 Å². The lowest BCUT2D eigenvalue weighted by Gasteiger charge is -2.02. The van der Waals surface area contributed by atoms with E-state index in [0.29, 0.717) is 0 Å². The van der Waals surface area contributed by atoms with Crippen LogP contribution < -0.4 is 10.5 Å². The highest BCUT2D eigenvalue weighted by molar-refractivity contribution is 7.11. The molecule has 0 amide bonds. The van der Waals surface area contributed by atoms with Gasteiger partial charge < -0.3 is 10.5 Å². The van der Waals surface area contributed by atoms with Gasteiger partial charge in [-0.05, 0) is 31.5 Å². The second kappa shape index (κ2) is 5.50. The maximum absolute atomic E-state index is 5.92. The number of nitrogens with two attached hydrogens (primary N) is 1. The van der Waals surface area contributed by atoms with Gasteiger partial charge in [-0.25, -0.2) is 4.98 Å². The molecule has 1 atom stereocenters. The first kappa shape index (κ1) is 13.1. The second-order valence-electron chi connectivity index (χ2n) is 4.37. The number of methoxy groups -OCH3 is 1. The largest absolute Gasteiger partial charge is 0.497 e. The third-order valence-corrected chi connectivity index (χ3v) is 4.14. The highest BCUT2D eigenvalue weighted by atomic mass is 32.1. The molecule has 1 heterocycles. The van der Waals surface area contributed by atoms with E-state index in [1.54, 1.807) is 18.4 Å². The molecule has 0 fully saturated rings. The first-order chi connectivity index (χ1) is 8.60. The predicted molar refractivity (Wildman–Crippen MR) is 75.3 cm³/mol. The van der Waals surface area contributed by atoms with Crippen LogP contribution in [0.5, 0.6) is 5.75 Å².